The Hall–Kier alpha value is -1.35. The predicted octanol–water partition coefficient (Wildman–Crippen LogP) is -1.59. The van der Waals surface area contributed by atoms with Crippen LogP contribution >= 0.6 is 0 Å². The molecule has 0 aliphatic carbocycles. The lowest BCUT2D eigenvalue weighted by Crippen LogP contribution is -2.53. The normalized spacial score (nSPS) is 22.6. The summed E-state index contributed by atoms with van der Waals surface area (Å²) in [5, 5.41) is 2.84. The van der Waals surface area contributed by atoms with E-state index in [1.54, 1.807) is 0 Å². The van der Waals surface area contributed by atoms with Gasteiger partial charge in [-0.3, -0.25) is 14.6 Å². The second kappa shape index (κ2) is 10.4. The summed E-state index contributed by atoms with van der Waals surface area (Å²) in [6.07, 6.45) is 5.71. The van der Waals surface area contributed by atoms with Crippen LogP contribution < -0.4 is 28.3 Å². The van der Waals surface area contributed by atoms with Crippen LogP contribution in [0, 0.1) is 0 Å². The lowest BCUT2D eigenvalue weighted by Gasteiger charge is -2.22. The lowest BCUT2D eigenvalue weighted by molar-refractivity contribution is -0.128. The first-order valence-electron chi connectivity index (χ1n) is 8.29. The van der Waals surface area contributed by atoms with Gasteiger partial charge in [-0.05, 0) is 38.8 Å². The predicted molar refractivity (Wildman–Crippen MR) is 91.0 cm³/mol. The first-order valence-corrected chi connectivity index (χ1v) is 8.29. The standard InChI is InChI=1S/C15H30N6O2/c16-7-3-1-5-10(18)14(22)12-13(21-9-20-12)15(23)11(19)6-2-4-8-17/h9-13H,1-8,16-19H2,(H,20,21)/t10-,11-,12?,13?/m0/s1. The van der Waals surface area contributed by atoms with Gasteiger partial charge in [0.25, 0.3) is 0 Å². The first-order chi connectivity index (χ1) is 11.0. The molecular formula is C15H30N6O2. The Kier molecular flexibility index (Phi) is 8.93. The number of nitrogens with one attached hydrogen (secondary N) is 1. The Balaban J connectivity index is 2.55. The molecule has 0 aromatic rings. The van der Waals surface area contributed by atoms with Crippen LogP contribution in [0.3, 0.4) is 0 Å². The largest absolute Gasteiger partial charge is 0.364 e. The highest BCUT2D eigenvalue weighted by atomic mass is 16.1. The van der Waals surface area contributed by atoms with E-state index < -0.39 is 24.2 Å². The van der Waals surface area contributed by atoms with Crippen LogP contribution in [0.15, 0.2) is 4.99 Å². The molecule has 1 aliphatic heterocycles. The molecule has 9 N–H and O–H groups in total. The minimum absolute atomic E-state index is 0.202. The second-order valence-electron chi connectivity index (χ2n) is 5.95. The minimum atomic E-state index is -0.782. The van der Waals surface area contributed by atoms with Gasteiger partial charge in [0.2, 0.25) is 0 Å². The molecule has 0 saturated carbocycles. The van der Waals surface area contributed by atoms with Crippen LogP contribution in [-0.2, 0) is 9.59 Å². The number of ketones is 2. The van der Waals surface area contributed by atoms with E-state index in [2.05, 4.69) is 10.3 Å². The molecule has 8 nitrogen and oxygen atoms in total. The van der Waals surface area contributed by atoms with Crippen molar-refractivity contribution in [1.82, 2.24) is 5.32 Å². The SMILES string of the molecule is NCCCC[C@H](N)C(=O)C1N=CNC1C(=O)[C@@H](N)CCCCN. The molecule has 132 valence electrons. The van der Waals surface area contributed by atoms with Crippen molar-refractivity contribution in [2.24, 2.45) is 27.9 Å². The van der Waals surface area contributed by atoms with Crippen molar-refractivity contribution >= 4 is 17.9 Å². The number of nitrogens with zero attached hydrogens (tertiary/aromatic N) is 1. The van der Waals surface area contributed by atoms with Gasteiger partial charge in [-0.2, -0.15) is 0 Å². The zero-order valence-corrected chi connectivity index (χ0v) is 13.6. The van der Waals surface area contributed by atoms with E-state index in [9.17, 15) is 9.59 Å². The Morgan fingerprint density at radius 2 is 1.48 bits per heavy atom. The Labute approximate surface area is 137 Å². The Morgan fingerprint density at radius 1 is 0.957 bits per heavy atom. The van der Waals surface area contributed by atoms with E-state index in [1.165, 1.54) is 6.34 Å². The fraction of sp³-hybridized carbons (Fsp3) is 0.800. The monoisotopic (exact) mass is 326 g/mol. The van der Waals surface area contributed by atoms with Crippen LogP contribution in [0.4, 0.5) is 0 Å². The van der Waals surface area contributed by atoms with Gasteiger partial charge >= 0.3 is 0 Å². The molecule has 0 spiro atoms. The number of unbranched alkanes of at least 4 members (excludes halogenated alkanes) is 2. The number of Topliss-reactive ketones (excluding diaryl/α,β-unsaturated/α-hetero) is 2. The van der Waals surface area contributed by atoms with Crippen molar-refractivity contribution in [2.75, 3.05) is 13.1 Å². The fourth-order valence-electron chi connectivity index (χ4n) is 2.61. The van der Waals surface area contributed by atoms with E-state index in [0.717, 1.165) is 25.7 Å². The number of hydrogen-bond acceptors (Lipinski definition) is 8. The molecule has 8 heteroatoms. The smallest absolute Gasteiger partial charge is 0.176 e. The average molecular weight is 326 g/mol. The molecule has 0 fully saturated rings. The number of nitrogens with two attached hydrogens (primary N) is 4. The maximum atomic E-state index is 12.4. The van der Waals surface area contributed by atoms with Crippen molar-refractivity contribution in [1.29, 1.82) is 0 Å². The highest BCUT2D eigenvalue weighted by Crippen LogP contribution is 2.14. The van der Waals surface area contributed by atoms with Gasteiger partial charge in [0.15, 0.2) is 11.6 Å². The molecule has 0 aromatic heterocycles. The summed E-state index contributed by atoms with van der Waals surface area (Å²) in [6.45, 7) is 1.15. The molecule has 2 unspecified atom stereocenters. The summed E-state index contributed by atoms with van der Waals surface area (Å²) in [4.78, 5) is 28.9. The highest BCUT2D eigenvalue weighted by molar-refractivity contribution is 6.01. The highest BCUT2D eigenvalue weighted by Gasteiger charge is 2.39. The third kappa shape index (κ3) is 5.98. The van der Waals surface area contributed by atoms with Gasteiger partial charge in [0.1, 0.15) is 12.1 Å². The summed E-state index contributed by atoms with van der Waals surface area (Å²) < 4.78 is 0. The van der Waals surface area contributed by atoms with Crippen LogP contribution in [0.2, 0.25) is 0 Å². The molecule has 0 aromatic carbocycles. The summed E-state index contributed by atoms with van der Waals surface area (Å²) in [5.41, 5.74) is 22.7. The third-order valence-corrected chi connectivity index (χ3v) is 4.07. The molecule has 0 saturated heterocycles. The molecule has 1 heterocycles. The molecule has 0 bridgehead atoms. The lowest BCUT2D eigenvalue weighted by atomic mass is 9.91. The van der Waals surface area contributed by atoms with Gasteiger partial charge < -0.3 is 28.3 Å². The maximum absolute atomic E-state index is 12.4. The van der Waals surface area contributed by atoms with Gasteiger partial charge in [-0.15, -0.1) is 0 Å². The van der Waals surface area contributed by atoms with Gasteiger partial charge in [0.05, 0.1) is 18.4 Å². The third-order valence-electron chi connectivity index (χ3n) is 4.07. The number of carbonyl (C=O) groups excluding carboxylic acids is 2. The van der Waals surface area contributed by atoms with Gasteiger partial charge in [0, 0.05) is 0 Å². The van der Waals surface area contributed by atoms with E-state index in [1.807, 2.05) is 0 Å². The number of aliphatic imine (C=N–C) groups is 1. The molecule has 0 amide bonds. The zero-order valence-electron chi connectivity index (χ0n) is 13.6. The van der Waals surface area contributed by atoms with Crippen LogP contribution in [0.1, 0.15) is 38.5 Å². The van der Waals surface area contributed by atoms with Crippen LogP contribution in [-0.4, -0.2) is 55.2 Å². The van der Waals surface area contributed by atoms with Gasteiger partial charge in [-0.25, -0.2) is 0 Å². The molecular weight excluding hydrogens is 296 g/mol. The Bertz CT molecular complexity index is 415. The number of carbonyl (C=O) groups is 2. The van der Waals surface area contributed by atoms with Crippen molar-refractivity contribution in [3.05, 3.63) is 0 Å². The minimum Gasteiger partial charge on any atom is -0.364 e. The quantitative estimate of drug-likeness (QED) is 0.270. The van der Waals surface area contributed by atoms with E-state index >= 15 is 0 Å². The average Bonchev–Trinajstić information content (AvgIpc) is 3.03. The van der Waals surface area contributed by atoms with Crippen LogP contribution in [0.5, 0.6) is 0 Å². The molecule has 4 atom stereocenters. The van der Waals surface area contributed by atoms with Crippen molar-refractivity contribution < 1.29 is 9.59 Å². The molecule has 23 heavy (non-hydrogen) atoms. The van der Waals surface area contributed by atoms with E-state index in [-0.39, 0.29) is 11.6 Å². The number of hydrogen-bond donors (Lipinski definition) is 5. The first kappa shape index (κ1) is 19.7. The summed E-state index contributed by atoms with van der Waals surface area (Å²) in [7, 11) is 0. The molecule has 1 rings (SSSR count). The second-order valence-corrected chi connectivity index (χ2v) is 5.95. The van der Waals surface area contributed by atoms with E-state index in [4.69, 9.17) is 22.9 Å². The summed E-state index contributed by atoms with van der Waals surface area (Å²) in [6, 6.07) is -2.75. The summed E-state index contributed by atoms with van der Waals surface area (Å²) >= 11 is 0. The number of rotatable bonds is 12. The van der Waals surface area contributed by atoms with Crippen molar-refractivity contribution in [3.63, 3.8) is 0 Å². The van der Waals surface area contributed by atoms with Crippen LogP contribution in [0.25, 0.3) is 0 Å². The maximum Gasteiger partial charge on any atom is 0.176 e. The van der Waals surface area contributed by atoms with Crippen molar-refractivity contribution in [2.45, 2.75) is 62.7 Å². The van der Waals surface area contributed by atoms with Gasteiger partial charge in [-0.1, -0.05) is 12.8 Å². The van der Waals surface area contributed by atoms with Crippen molar-refractivity contribution in [3.8, 4) is 0 Å². The molecule has 0 radical (unpaired) electrons. The fourth-order valence-corrected chi connectivity index (χ4v) is 2.61. The zero-order chi connectivity index (χ0) is 17.2. The topological polar surface area (TPSA) is 163 Å². The molecule has 1 aliphatic rings. The Morgan fingerprint density at radius 3 is 2.00 bits per heavy atom. The van der Waals surface area contributed by atoms with E-state index in [0.29, 0.717) is 25.9 Å². The summed E-state index contributed by atoms with van der Waals surface area (Å²) in [5.74, 6) is -0.428.